The van der Waals surface area contributed by atoms with Crippen molar-refractivity contribution >= 4 is 22.5 Å². The molecule has 0 aliphatic carbocycles. The first kappa shape index (κ1) is 11.6. The topological polar surface area (TPSA) is 64.1 Å². The largest absolute Gasteiger partial charge is 0.441 e. The van der Waals surface area contributed by atoms with Crippen LogP contribution in [0, 0.1) is 6.92 Å². The van der Waals surface area contributed by atoms with Gasteiger partial charge < -0.3 is 15.5 Å². The van der Waals surface area contributed by atoms with Gasteiger partial charge in [-0.25, -0.2) is 4.98 Å². The van der Waals surface area contributed by atoms with Gasteiger partial charge in [0.05, 0.1) is 0 Å². The molecule has 19 heavy (non-hydrogen) atoms. The lowest BCUT2D eigenvalue weighted by molar-refractivity contribution is 0.561. The van der Waals surface area contributed by atoms with E-state index in [1.807, 2.05) is 49.4 Å². The van der Waals surface area contributed by atoms with Gasteiger partial charge in [0.15, 0.2) is 11.5 Å². The quantitative estimate of drug-likeness (QED) is 0.703. The predicted octanol–water partition coefficient (Wildman–Crippen LogP) is 3.33. The highest BCUT2D eigenvalue weighted by Gasteiger charge is 2.03. The lowest BCUT2D eigenvalue weighted by Crippen LogP contribution is -1.99. The number of aryl methyl sites for hydroxylation is 1. The van der Waals surface area contributed by atoms with Gasteiger partial charge in [-0.15, -0.1) is 0 Å². The lowest BCUT2D eigenvalue weighted by atomic mass is 10.2. The minimum Gasteiger partial charge on any atom is -0.441 e. The van der Waals surface area contributed by atoms with E-state index in [-0.39, 0.29) is 0 Å². The number of oxazole rings is 1. The van der Waals surface area contributed by atoms with Gasteiger partial charge in [-0.05, 0) is 35.9 Å². The van der Waals surface area contributed by atoms with Crippen molar-refractivity contribution in [2.75, 3.05) is 11.1 Å². The van der Waals surface area contributed by atoms with Crippen molar-refractivity contribution in [3.63, 3.8) is 0 Å². The summed E-state index contributed by atoms with van der Waals surface area (Å²) in [4.78, 5) is 4.32. The fraction of sp³-hybridized carbons (Fsp3) is 0.133. The number of hydrogen-bond acceptors (Lipinski definition) is 4. The third kappa shape index (κ3) is 2.52. The van der Waals surface area contributed by atoms with Crippen LogP contribution in [0.5, 0.6) is 0 Å². The van der Waals surface area contributed by atoms with Gasteiger partial charge in [0.25, 0.3) is 0 Å². The molecule has 0 bridgehead atoms. The number of fused-ring (bicyclic) bond motifs is 1. The average Bonchev–Trinajstić information content (AvgIpc) is 2.75. The zero-order valence-electron chi connectivity index (χ0n) is 10.7. The maximum atomic E-state index is 5.75. The number of aromatic nitrogens is 1. The van der Waals surface area contributed by atoms with E-state index >= 15 is 0 Å². The summed E-state index contributed by atoms with van der Waals surface area (Å²) < 4.78 is 5.45. The molecule has 4 nitrogen and oxygen atoms in total. The summed E-state index contributed by atoms with van der Waals surface area (Å²) in [6.45, 7) is 2.58. The summed E-state index contributed by atoms with van der Waals surface area (Å²) >= 11 is 0. The summed E-state index contributed by atoms with van der Waals surface area (Å²) in [5, 5.41) is 3.35. The second kappa shape index (κ2) is 4.65. The number of nitrogens with two attached hydrogens (primary N) is 1. The second-order valence-corrected chi connectivity index (χ2v) is 4.51. The number of rotatable bonds is 3. The van der Waals surface area contributed by atoms with E-state index < -0.39 is 0 Å². The van der Waals surface area contributed by atoms with Gasteiger partial charge in [0.2, 0.25) is 0 Å². The van der Waals surface area contributed by atoms with E-state index in [1.54, 1.807) is 0 Å². The number of benzene rings is 2. The molecule has 3 aromatic rings. The van der Waals surface area contributed by atoms with E-state index in [1.165, 1.54) is 0 Å². The summed E-state index contributed by atoms with van der Waals surface area (Å²) in [5.41, 5.74) is 10.4. The van der Waals surface area contributed by atoms with Gasteiger partial charge in [-0.2, -0.15) is 0 Å². The molecular weight excluding hydrogens is 238 g/mol. The molecule has 1 aromatic heterocycles. The first-order valence-corrected chi connectivity index (χ1v) is 6.16. The number of nitrogens with zero attached hydrogens (tertiary/aromatic N) is 1. The van der Waals surface area contributed by atoms with E-state index in [4.69, 9.17) is 10.2 Å². The van der Waals surface area contributed by atoms with Gasteiger partial charge in [0.1, 0.15) is 5.52 Å². The molecule has 1 heterocycles. The Morgan fingerprint density at radius 2 is 2.11 bits per heavy atom. The van der Waals surface area contributed by atoms with Gasteiger partial charge in [0, 0.05) is 24.8 Å². The molecule has 0 saturated heterocycles. The molecule has 0 fully saturated rings. The van der Waals surface area contributed by atoms with Crippen molar-refractivity contribution < 1.29 is 4.42 Å². The molecular formula is C15H15N3O. The molecule has 96 valence electrons. The van der Waals surface area contributed by atoms with Crippen LogP contribution in [0.15, 0.2) is 46.9 Å². The summed E-state index contributed by atoms with van der Waals surface area (Å²) in [6.07, 6.45) is 0. The van der Waals surface area contributed by atoms with Crippen LogP contribution < -0.4 is 11.1 Å². The Bertz CT molecular complexity index is 718. The zero-order chi connectivity index (χ0) is 13.2. The van der Waals surface area contributed by atoms with Crippen LogP contribution in [0.3, 0.4) is 0 Å². The van der Waals surface area contributed by atoms with Crippen molar-refractivity contribution in [3.8, 4) is 0 Å². The molecule has 0 spiro atoms. The minimum absolute atomic E-state index is 0.683. The maximum Gasteiger partial charge on any atom is 0.192 e. The highest BCUT2D eigenvalue weighted by atomic mass is 16.3. The summed E-state index contributed by atoms with van der Waals surface area (Å²) in [6, 6.07) is 13.7. The van der Waals surface area contributed by atoms with E-state index in [2.05, 4.69) is 10.3 Å². The molecule has 0 atom stereocenters. The van der Waals surface area contributed by atoms with Crippen molar-refractivity contribution in [1.29, 1.82) is 0 Å². The Balaban J connectivity index is 1.78. The normalized spacial score (nSPS) is 10.8. The minimum atomic E-state index is 0.683. The first-order valence-electron chi connectivity index (χ1n) is 6.16. The van der Waals surface area contributed by atoms with E-state index in [0.29, 0.717) is 5.89 Å². The SMILES string of the molecule is Cc1nc2cc(NCc3cccc(N)c3)ccc2o1. The van der Waals surface area contributed by atoms with Crippen LogP contribution in [-0.2, 0) is 6.54 Å². The fourth-order valence-corrected chi connectivity index (χ4v) is 2.06. The Hall–Kier alpha value is -2.49. The number of hydrogen-bond donors (Lipinski definition) is 2. The van der Waals surface area contributed by atoms with Crippen LogP contribution in [0.25, 0.3) is 11.1 Å². The van der Waals surface area contributed by atoms with Gasteiger partial charge in [-0.1, -0.05) is 12.1 Å². The highest BCUT2D eigenvalue weighted by Crippen LogP contribution is 2.20. The Morgan fingerprint density at radius 3 is 2.95 bits per heavy atom. The van der Waals surface area contributed by atoms with Crippen LogP contribution in [0.4, 0.5) is 11.4 Å². The molecule has 2 aromatic carbocycles. The average molecular weight is 253 g/mol. The molecule has 0 amide bonds. The van der Waals surface area contributed by atoms with E-state index in [0.717, 1.165) is 34.6 Å². The summed E-state index contributed by atoms with van der Waals surface area (Å²) in [5.74, 6) is 0.683. The lowest BCUT2D eigenvalue weighted by Gasteiger charge is -2.06. The number of nitrogen functional groups attached to an aromatic ring is 1. The summed E-state index contributed by atoms with van der Waals surface area (Å²) in [7, 11) is 0. The zero-order valence-corrected chi connectivity index (χ0v) is 10.7. The van der Waals surface area contributed by atoms with Crippen molar-refractivity contribution in [2.24, 2.45) is 0 Å². The third-order valence-electron chi connectivity index (χ3n) is 2.94. The number of nitrogens with one attached hydrogen (secondary N) is 1. The molecule has 0 aliphatic rings. The maximum absolute atomic E-state index is 5.75. The van der Waals surface area contributed by atoms with Crippen molar-refractivity contribution in [3.05, 3.63) is 53.9 Å². The van der Waals surface area contributed by atoms with E-state index in [9.17, 15) is 0 Å². The highest BCUT2D eigenvalue weighted by molar-refractivity contribution is 5.77. The molecule has 3 rings (SSSR count). The van der Waals surface area contributed by atoms with Crippen molar-refractivity contribution in [1.82, 2.24) is 4.98 Å². The second-order valence-electron chi connectivity index (χ2n) is 4.51. The Morgan fingerprint density at radius 1 is 1.21 bits per heavy atom. The number of anilines is 2. The Labute approximate surface area is 111 Å². The predicted molar refractivity (Wildman–Crippen MR) is 76.9 cm³/mol. The Kier molecular flexibility index (Phi) is 2.83. The first-order chi connectivity index (χ1) is 9.20. The standard InChI is InChI=1S/C15H15N3O/c1-10-18-14-8-13(5-6-15(14)19-10)17-9-11-3-2-4-12(16)7-11/h2-8,17H,9,16H2,1H3. The van der Waals surface area contributed by atoms with Crippen LogP contribution in [0.2, 0.25) is 0 Å². The third-order valence-corrected chi connectivity index (χ3v) is 2.94. The van der Waals surface area contributed by atoms with Crippen LogP contribution in [0.1, 0.15) is 11.5 Å². The van der Waals surface area contributed by atoms with Crippen LogP contribution >= 0.6 is 0 Å². The molecule has 0 unspecified atom stereocenters. The van der Waals surface area contributed by atoms with Gasteiger partial charge >= 0.3 is 0 Å². The van der Waals surface area contributed by atoms with Gasteiger partial charge in [-0.3, -0.25) is 0 Å². The monoisotopic (exact) mass is 253 g/mol. The fourth-order valence-electron chi connectivity index (χ4n) is 2.06. The molecule has 0 radical (unpaired) electrons. The molecule has 0 saturated carbocycles. The molecule has 4 heteroatoms. The smallest absolute Gasteiger partial charge is 0.192 e. The van der Waals surface area contributed by atoms with Crippen LogP contribution in [-0.4, -0.2) is 4.98 Å². The molecule has 0 aliphatic heterocycles. The molecule has 3 N–H and O–H groups in total. The van der Waals surface area contributed by atoms with Crippen molar-refractivity contribution in [2.45, 2.75) is 13.5 Å².